The third-order valence-corrected chi connectivity index (χ3v) is 3.60. The van der Waals surface area contributed by atoms with Crippen molar-refractivity contribution in [1.29, 1.82) is 0 Å². The highest BCUT2D eigenvalue weighted by Gasteiger charge is 2.20. The predicted molar refractivity (Wildman–Crippen MR) is 77.5 cm³/mol. The molecule has 0 spiro atoms. The van der Waals surface area contributed by atoms with Gasteiger partial charge in [-0.2, -0.15) is 0 Å². The van der Waals surface area contributed by atoms with Gasteiger partial charge in [0.05, 0.1) is 12.9 Å². The molecule has 0 aliphatic carbocycles. The molecule has 1 aromatic carbocycles. The molecule has 2 aromatic rings. The van der Waals surface area contributed by atoms with Crippen LogP contribution in [-0.2, 0) is 0 Å². The van der Waals surface area contributed by atoms with E-state index >= 15 is 0 Å². The van der Waals surface area contributed by atoms with Crippen LogP contribution < -0.4 is 5.32 Å². The fourth-order valence-electron chi connectivity index (χ4n) is 1.80. The van der Waals surface area contributed by atoms with E-state index in [0.29, 0.717) is 0 Å². The highest BCUT2D eigenvalue weighted by atomic mass is 16.3. The van der Waals surface area contributed by atoms with Crippen LogP contribution in [0.25, 0.3) is 5.69 Å². The van der Waals surface area contributed by atoms with Crippen molar-refractivity contribution in [1.82, 2.24) is 9.55 Å². The van der Waals surface area contributed by atoms with Crippen LogP contribution in [0.3, 0.4) is 0 Å². The van der Waals surface area contributed by atoms with Crippen LogP contribution in [0.2, 0.25) is 0 Å². The smallest absolute Gasteiger partial charge is 0.0991 e. The Morgan fingerprint density at radius 3 is 2.89 bits per heavy atom. The Balaban J connectivity index is 2.08. The summed E-state index contributed by atoms with van der Waals surface area (Å²) in [5, 5.41) is 12.8. The van der Waals surface area contributed by atoms with Gasteiger partial charge >= 0.3 is 0 Å². The van der Waals surface area contributed by atoms with Gasteiger partial charge in [0, 0.05) is 35.7 Å². The van der Waals surface area contributed by atoms with E-state index < -0.39 is 0 Å². The maximum Gasteiger partial charge on any atom is 0.0991 e. The summed E-state index contributed by atoms with van der Waals surface area (Å²) in [6, 6.07) is 8.17. The van der Waals surface area contributed by atoms with Gasteiger partial charge in [-0.15, -0.1) is 0 Å². The normalized spacial score (nSPS) is 14.1. The van der Waals surface area contributed by atoms with Gasteiger partial charge in [0.2, 0.25) is 0 Å². The summed E-state index contributed by atoms with van der Waals surface area (Å²) in [6.07, 6.45) is 6.41. The molecule has 102 valence electrons. The minimum Gasteiger partial charge on any atom is -0.396 e. The summed E-state index contributed by atoms with van der Waals surface area (Å²) >= 11 is 0. The molecule has 0 fully saturated rings. The predicted octanol–water partition coefficient (Wildman–Crippen LogP) is 2.69. The Morgan fingerprint density at radius 2 is 2.26 bits per heavy atom. The number of aromatic nitrogens is 2. The number of anilines is 1. The van der Waals surface area contributed by atoms with Gasteiger partial charge in [-0.05, 0) is 24.6 Å². The van der Waals surface area contributed by atoms with E-state index in [1.807, 2.05) is 29.0 Å². The van der Waals surface area contributed by atoms with Crippen LogP contribution in [0.15, 0.2) is 43.0 Å². The summed E-state index contributed by atoms with van der Waals surface area (Å²) in [5.74, 6) is 0. The molecule has 0 saturated carbocycles. The molecule has 19 heavy (non-hydrogen) atoms. The second-order valence-corrected chi connectivity index (χ2v) is 5.20. The number of aliphatic hydroxyl groups excluding tert-OH is 1. The molecule has 1 atom stereocenters. The highest BCUT2D eigenvalue weighted by Crippen LogP contribution is 2.22. The van der Waals surface area contributed by atoms with Crippen molar-refractivity contribution in [3.05, 3.63) is 43.0 Å². The minimum absolute atomic E-state index is 0.0784. The number of nitrogens with zero attached hydrogens (tertiary/aromatic N) is 2. The van der Waals surface area contributed by atoms with Gasteiger partial charge in [-0.1, -0.05) is 19.9 Å². The first-order chi connectivity index (χ1) is 9.17. The van der Waals surface area contributed by atoms with Gasteiger partial charge in [0.25, 0.3) is 0 Å². The molecule has 1 aromatic heterocycles. The lowest BCUT2D eigenvalue weighted by atomic mass is 9.88. The molecule has 0 radical (unpaired) electrons. The summed E-state index contributed by atoms with van der Waals surface area (Å²) in [5.41, 5.74) is 2.05. The van der Waals surface area contributed by atoms with Gasteiger partial charge in [-0.25, -0.2) is 4.98 Å². The van der Waals surface area contributed by atoms with E-state index in [2.05, 4.69) is 30.2 Å². The number of hydrogen-bond donors (Lipinski definition) is 2. The molecule has 2 rings (SSSR count). The van der Waals surface area contributed by atoms with Crippen LogP contribution in [0.4, 0.5) is 5.69 Å². The number of nitrogens with one attached hydrogen (secondary N) is 1. The topological polar surface area (TPSA) is 50.1 Å². The molecule has 0 aliphatic heterocycles. The van der Waals surface area contributed by atoms with Crippen LogP contribution in [0.5, 0.6) is 0 Å². The molecule has 0 aliphatic rings. The molecule has 4 heteroatoms. The van der Waals surface area contributed by atoms with E-state index in [9.17, 15) is 5.11 Å². The second kappa shape index (κ2) is 5.89. The number of aliphatic hydroxyl groups is 1. The van der Waals surface area contributed by atoms with Crippen molar-refractivity contribution in [2.75, 3.05) is 18.5 Å². The monoisotopic (exact) mass is 259 g/mol. The van der Waals surface area contributed by atoms with E-state index in [1.54, 1.807) is 12.5 Å². The molecule has 4 nitrogen and oxygen atoms in total. The quantitative estimate of drug-likeness (QED) is 0.838. The van der Waals surface area contributed by atoms with E-state index in [4.69, 9.17) is 0 Å². The minimum atomic E-state index is -0.0784. The molecular formula is C15H21N3O. The van der Waals surface area contributed by atoms with Crippen LogP contribution in [0, 0.1) is 5.41 Å². The standard InChI is InChI=1S/C15H21N3O/c1-3-15(2,11-19)10-17-13-5-4-6-14(9-13)18-8-7-16-12-18/h4-9,12,17,19H,3,10-11H2,1-2H3. The van der Waals surface area contributed by atoms with Gasteiger partial charge in [-0.3, -0.25) is 0 Å². The second-order valence-electron chi connectivity index (χ2n) is 5.20. The lowest BCUT2D eigenvalue weighted by Gasteiger charge is -2.26. The maximum absolute atomic E-state index is 9.42. The largest absolute Gasteiger partial charge is 0.396 e. The zero-order chi connectivity index (χ0) is 13.7. The van der Waals surface area contributed by atoms with Crippen LogP contribution >= 0.6 is 0 Å². The van der Waals surface area contributed by atoms with Gasteiger partial charge in [0.1, 0.15) is 0 Å². The SMILES string of the molecule is CCC(C)(CO)CNc1cccc(-n2ccnc2)c1. The first kappa shape index (κ1) is 13.6. The lowest BCUT2D eigenvalue weighted by molar-refractivity contribution is 0.149. The maximum atomic E-state index is 9.42. The van der Waals surface area contributed by atoms with E-state index in [-0.39, 0.29) is 12.0 Å². The Labute approximate surface area is 114 Å². The lowest BCUT2D eigenvalue weighted by Crippen LogP contribution is -2.29. The molecule has 1 heterocycles. The Kier molecular flexibility index (Phi) is 4.22. The van der Waals surface area contributed by atoms with Crippen molar-refractivity contribution in [2.24, 2.45) is 5.41 Å². The molecule has 0 bridgehead atoms. The summed E-state index contributed by atoms with van der Waals surface area (Å²) in [6.45, 7) is 5.13. The summed E-state index contributed by atoms with van der Waals surface area (Å²) < 4.78 is 1.97. The highest BCUT2D eigenvalue weighted by molar-refractivity contribution is 5.51. The zero-order valence-electron chi connectivity index (χ0n) is 11.5. The Bertz CT molecular complexity index is 504. The summed E-state index contributed by atoms with van der Waals surface area (Å²) in [4.78, 5) is 4.05. The first-order valence-corrected chi connectivity index (χ1v) is 6.60. The van der Waals surface area contributed by atoms with Gasteiger partial charge in [0.15, 0.2) is 0 Å². The van der Waals surface area contributed by atoms with Gasteiger partial charge < -0.3 is 15.0 Å². The Hall–Kier alpha value is -1.81. The Morgan fingerprint density at radius 1 is 1.42 bits per heavy atom. The van der Waals surface area contributed by atoms with Crippen molar-refractivity contribution in [2.45, 2.75) is 20.3 Å². The fourth-order valence-corrected chi connectivity index (χ4v) is 1.80. The molecule has 0 saturated heterocycles. The molecule has 1 unspecified atom stereocenters. The number of benzene rings is 1. The van der Waals surface area contributed by atoms with Crippen molar-refractivity contribution in [3.63, 3.8) is 0 Å². The van der Waals surface area contributed by atoms with E-state index in [0.717, 1.165) is 24.3 Å². The fraction of sp³-hybridized carbons (Fsp3) is 0.400. The average Bonchev–Trinajstić information content (AvgIpc) is 2.99. The average molecular weight is 259 g/mol. The zero-order valence-corrected chi connectivity index (χ0v) is 11.5. The van der Waals surface area contributed by atoms with E-state index in [1.165, 1.54) is 0 Å². The van der Waals surface area contributed by atoms with Crippen molar-refractivity contribution >= 4 is 5.69 Å². The molecule has 0 amide bonds. The third kappa shape index (κ3) is 3.35. The van der Waals surface area contributed by atoms with Crippen LogP contribution in [-0.4, -0.2) is 27.8 Å². The van der Waals surface area contributed by atoms with Crippen molar-refractivity contribution < 1.29 is 5.11 Å². The third-order valence-electron chi connectivity index (χ3n) is 3.60. The number of hydrogen-bond acceptors (Lipinski definition) is 3. The number of imidazole rings is 1. The number of rotatable bonds is 6. The first-order valence-electron chi connectivity index (χ1n) is 6.60. The molecule has 2 N–H and O–H groups in total. The van der Waals surface area contributed by atoms with Crippen molar-refractivity contribution in [3.8, 4) is 5.69 Å². The molecular weight excluding hydrogens is 238 g/mol. The summed E-state index contributed by atoms with van der Waals surface area (Å²) in [7, 11) is 0. The van der Waals surface area contributed by atoms with Crippen LogP contribution in [0.1, 0.15) is 20.3 Å².